The van der Waals surface area contributed by atoms with Crippen LogP contribution in [0.5, 0.6) is 0 Å². The molecule has 0 spiro atoms. The van der Waals surface area contributed by atoms with Crippen LogP contribution >= 0.6 is 0 Å². The van der Waals surface area contributed by atoms with Crippen LogP contribution in [-0.4, -0.2) is 40.9 Å². The van der Waals surface area contributed by atoms with E-state index in [-0.39, 0.29) is 6.54 Å². The molecule has 1 aromatic heterocycles. The van der Waals surface area contributed by atoms with Crippen molar-refractivity contribution in [3.8, 4) is 0 Å². The highest BCUT2D eigenvalue weighted by molar-refractivity contribution is 7.89. The maximum Gasteiger partial charge on any atom is 0.243 e. The van der Waals surface area contributed by atoms with Gasteiger partial charge in [-0.2, -0.15) is 4.31 Å². The van der Waals surface area contributed by atoms with E-state index in [1.54, 1.807) is 18.2 Å². The van der Waals surface area contributed by atoms with Crippen LogP contribution in [0.2, 0.25) is 0 Å². The highest BCUT2D eigenvalue weighted by Crippen LogP contribution is 2.29. The van der Waals surface area contributed by atoms with Crippen LogP contribution in [-0.2, 0) is 34.5 Å². The summed E-state index contributed by atoms with van der Waals surface area (Å²) in [6, 6.07) is 7.05. The van der Waals surface area contributed by atoms with Gasteiger partial charge in [-0.15, -0.1) is 5.10 Å². The van der Waals surface area contributed by atoms with Gasteiger partial charge in [0, 0.05) is 19.7 Å². The molecule has 2 heterocycles. The van der Waals surface area contributed by atoms with Gasteiger partial charge in [-0.05, 0) is 49.8 Å². The Kier molecular flexibility index (Phi) is 4.81. The van der Waals surface area contributed by atoms with Gasteiger partial charge >= 0.3 is 0 Å². The van der Waals surface area contributed by atoms with Gasteiger partial charge in [0.05, 0.1) is 23.7 Å². The van der Waals surface area contributed by atoms with Crippen molar-refractivity contribution in [3.05, 3.63) is 41.2 Å². The third kappa shape index (κ3) is 3.67. The molecule has 1 saturated carbocycles. The second-order valence-corrected chi connectivity index (χ2v) is 9.11. The number of aryl methyl sites for hydroxylation is 2. The van der Waals surface area contributed by atoms with Crippen molar-refractivity contribution in [2.75, 3.05) is 13.2 Å². The fourth-order valence-electron chi connectivity index (χ4n) is 3.21. The lowest BCUT2D eigenvalue weighted by molar-refractivity contribution is 0.108. The standard InChI is InChI=1S/C18H24N4O3S/c1-14-4-2-5-16(10-14)26(23,24)21-8-3-9-22-18(11-21)17(19-20-22)13-25-12-15-6-7-15/h2,4-5,10,15H,3,6-9,11-13H2,1H3. The van der Waals surface area contributed by atoms with E-state index in [1.807, 2.05) is 17.7 Å². The van der Waals surface area contributed by atoms with Gasteiger partial charge in [0.2, 0.25) is 10.0 Å². The van der Waals surface area contributed by atoms with E-state index >= 15 is 0 Å². The maximum atomic E-state index is 13.1. The molecule has 1 fully saturated rings. The SMILES string of the molecule is Cc1cccc(S(=O)(=O)N2CCCn3nnc(COCC4CC4)c3C2)c1. The fourth-order valence-corrected chi connectivity index (χ4v) is 4.76. The minimum Gasteiger partial charge on any atom is -0.375 e. The highest BCUT2D eigenvalue weighted by Gasteiger charge is 2.30. The molecule has 8 heteroatoms. The van der Waals surface area contributed by atoms with E-state index in [4.69, 9.17) is 4.74 Å². The number of ether oxygens (including phenoxy) is 1. The molecule has 4 rings (SSSR count). The molecule has 0 N–H and O–H groups in total. The van der Waals surface area contributed by atoms with Crippen molar-refractivity contribution in [2.45, 2.75) is 50.8 Å². The summed E-state index contributed by atoms with van der Waals surface area (Å²) in [6.07, 6.45) is 3.19. The number of rotatable bonds is 6. The average Bonchev–Trinajstić information content (AvgIpc) is 3.40. The van der Waals surface area contributed by atoms with E-state index in [1.165, 1.54) is 17.1 Å². The number of benzene rings is 1. The smallest absolute Gasteiger partial charge is 0.243 e. The molecule has 0 unspecified atom stereocenters. The van der Waals surface area contributed by atoms with Crippen molar-refractivity contribution in [1.82, 2.24) is 19.3 Å². The Bertz CT molecular complexity index is 890. The van der Waals surface area contributed by atoms with Gasteiger partial charge in [-0.25, -0.2) is 13.1 Å². The molecule has 7 nitrogen and oxygen atoms in total. The second-order valence-electron chi connectivity index (χ2n) is 7.17. The van der Waals surface area contributed by atoms with Crippen LogP contribution < -0.4 is 0 Å². The number of fused-ring (bicyclic) bond motifs is 1. The predicted octanol–water partition coefficient (Wildman–Crippen LogP) is 2.11. The molecule has 0 bridgehead atoms. The minimum atomic E-state index is -3.55. The fraction of sp³-hybridized carbons (Fsp3) is 0.556. The Morgan fingerprint density at radius 1 is 1.27 bits per heavy atom. The van der Waals surface area contributed by atoms with Crippen LogP contribution in [0.4, 0.5) is 0 Å². The van der Waals surface area contributed by atoms with E-state index in [2.05, 4.69) is 10.3 Å². The Hall–Kier alpha value is -1.77. The molecule has 0 radical (unpaired) electrons. The number of hydrogen-bond donors (Lipinski definition) is 0. The van der Waals surface area contributed by atoms with Crippen LogP contribution in [0.1, 0.15) is 36.2 Å². The molecule has 1 aliphatic carbocycles. The van der Waals surface area contributed by atoms with Crippen molar-refractivity contribution in [1.29, 1.82) is 0 Å². The first kappa shape index (κ1) is 17.6. The van der Waals surface area contributed by atoms with Gasteiger partial charge in [0.15, 0.2) is 0 Å². The quantitative estimate of drug-likeness (QED) is 0.772. The minimum absolute atomic E-state index is 0.283. The van der Waals surface area contributed by atoms with Crippen LogP contribution in [0.25, 0.3) is 0 Å². The van der Waals surface area contributed by atoms with Gasteiger partial charge in [0.25, 0.3) is 0 Å². The molecule has 1 aromatic carbocycles. The van der Waals surface area contributed by atoms with Crippen LogP contribution in [0.3, 0.4) is 0 Å². The van der Waals surface area contributed by atoms with Crippen molar-refractivity contribution >= 4 is 10.0 Å². The third-order valence-electron chi connectivity index (χ3n) is 4.94. The van der Waals surface area contributed by atoms with Crippen LogP contribution in [0, 0.1) is 12.8 Å². The molecule has 2 aromatic rings. The molecule has 1 aliphatic heterocycles. The number of nitrogens with zero attached hydrogens (tertiary/aromatic N) is 4. The van der Waals surface area contributed by atoms with Crippen molar-refractivity contribution < 1.29 is 13.2 Å². The lowest BCUT2D eigenvalue weighted by atomic mass is 10.2. The highest BCUT2D eigenvalue weighted by atomic mass is 32.2. The van der Waals surface area contributed by atoms with Gasteiger partial charge < -0.3 is 4.74 Å². The van der Waals surface area contributed by atoms with E-state index in [9.17, 15) is 8.42 Å². The maximum absolute atomic E-state index is 13.1. The lowest BCUT2D eigenvalue weighted by Gasteiger charge is -2.20. The molecule has 0 atom stereocenters. The summed E-state index contributed by atoms with van der Waals surface area (Å²) < 4.78 is 35.3. The Balaban J connectivity index is 1.55. The third-order valence-corrected chi connectivity index (χ3v) is 6.78. The average molecular weight is 376 g/mol. The summed E-state index contributed by atoms with van der Waals surface area (Å²) >= 11 is 0. The lowest BCUT2D eigenvalue weighted by Crippen LogP contribution is -2.31. The zero-order chi connectivity index (χ0) is 18.1. The number of aromatic nitrogens is 3. The Labute approximate surface area is 154 Å². The molecule has 0 amide bonds. The molecule has 2 aliphatic rings. The van der Waals surface area contributed by atoms with Gasteiger partial charge in [-0.1, -0.05) is 17.3 Å². The van der Waals surface area contributed by atoms with Crippen LogP contribution in [0.15, 0.2) is 29.2 Å². The van der Waals surface area contributed by atoms with Gasteiger partial charge in [0.1, 0.15) is 5.69 Å². The monoisotopic (exact) mass is 376 g/mol. The summed E-state index contributed by atoms with van der Waals surface area (Å²) in [6.45, 7) is 4.47. The summed E-state index contributed by atoms with van der Waals surface area (Å²) in [4.78, 5) is 0.338. The normalized spacial score (nSPS) is 18.5. The first-order valence-corrected chi connectivity index (χ1v) is 10.5. The summed E-state index contributed by atoms with van der Waals surface area (Å²) in [5, 5.41) is 8.43. The second kappa shape index (κ2) is 7.09. The zero-order valence-corrected chi connectivity index (χ0v) is 15.8. The van der Waals surface area contributed by atoms with E-state index < -0.39 is 10.0 Å². The van der Waals surface area contributed by atoms with Crippen molar-refractivity contribution in [2.24, 2.45) is 5.92 Å². The molecular formula is C18H24N4O3S. The predicted molar refractivity (Wildman–Crippen MR) is 95.8 cm³/mol. The molecule has 140 valence electrons. The molecular weight excluding hydrogens is 352 g/mol. The summed E-state index contributed by atoms with van der Waals surface area (Å²) in [5.41, 5.74) is 2.52. The topological polar surface area (TPSA) is 77.3 Å². The van der Waals surface area contributed by atoms with E-state index in [0.29, 0.717) is 36.9 Å². The first-order valence-electron chi connectivity index (χ1n) is 9.10. The Morgan fingerprint density at radius 3 is 2.88 bits per heavy atom. The largest absolute Gasteiger partial charge is 0.375 e. The van der Waals surface area contributed by atoms with Crippen molar-refractivity contribution in [3.63, 3.8) is 0 Å². The van der Waals surface area contributed by atoms with Gasteiger partial charge in [-0.3, -0.25) is 0 Å². The van der Waals surface area contributed by atoms with E-state index in [0.717, 1.165) is 23.6 Å². The number of sulfonamides is 1. The summed E-state index contributed by atoms with van der Waals surface area (Å²) in [5.74, 6) is 0.683. The zero-order valence-electron chi connectivity index (χ0n) is 15.0. The molecule has 0 saturated heterocycles. The molecule has 26 heavy (non-hydrogen) atoms. The first-order chi connectivity index (χ1) is 12.5. The summed E-state index contributed by atoms with van der Waals surface area (Å²) in [7, 11) is -3.55. The Morgan fingerprint density at radius 2 is 2.12 bits per heavy atom. The number of hydrogen-bond acceptors (Lipinski definition) is 5.